The molecule has 3 aromatic rings. The smallest absolute Gasteiger partial charge is 0.310 e. The summed E-state index contributed by atoms with van der Waals surface area (Å²) in [5, 5.41) is 19.4. The lowest BCUT2D eigenvalue weighted by molar-refractivity contribution is -0.153. The van der Waals surface area contributed by atoms with Crippen molar-refractivity contribution in [1.29, 1.82) is 0 Å². The van der Waals surface area contributed by atoms with E-state index >= 15 is 0 Å². The number of carboxylic acid groups (broad SMARTS) is 1. The molecule has 186 valence electrons. The molecule has 0 aliphatic carbocycles. The number of anilines is 2. The molecule has 3 N–H and O–H groups in total. The second-order valence-corrected chi connectivity index (χ2v) is 9.43. The fraction of sp³-hybridized carbons (Fsp3) is 0.375. The normalized spacial score (nSPS) is 20.7. The molecule has 1 aromatic carbocycles. The highest BCUT2D eigenvalue weighted by atomic mass is 35.5. The van der Waals surface area contributed by atoms with E-state index in [9.17, 15) is 23.1 Å². The van der Waals surface area contributed by atoms with Gasteiger partial charge in [0, 0.05) is 36.3 Å². The Kier molecular flexibility index (Phi) is 7.05. The molecule has 35 heavy (non-hydrogen) atoms. The Bertz CT molecular complexity index is 1250. The van der Waals surface area contributed by atoms with Crippen LogP contribution < -0.4 is 5.32 Å². The molecule has 7 nitrogen and oxygen atoms in total. The first-order valence-corrected chi connectivity index (χ1v) is 11.5. The standard InChI is InChI=1S/C24H25ClF3N5O2/c1-13-9-20(32-31-13)30-19-6-5-16(26)18(29-19)11-24(23(34)35)7-8-33(14(2)10-24)12-15-3-4-17(27)21(25)22(15)28/h3-6,9,14H,7-8,10-12H2,1-2H3,(H,34,35)(H2,29,30,31,32)/t14-,24?/m1/s1. The van der Waals surface area contributed by atoms with Crippen molar-refractivity contribution >= 4 is 29.2 Å². The van der Waals surface area contributed by atoms with Crippen molar-refractivity contribution in [1.82, 2.24) is 20.1 Å². The van der Waals surface area contributed by atoms with Crippen LogP contribution in [0.2, 0.25) is 5.02 Å². The van der Waals surface area contributed by atoms with Gasteiger partial charge in [0.05, 0.1) is 11.1 Å². The monoisotopic (exact) mass is 507 g/mol. The highest BCUT2D eigenvalue weighted by Gasteiger charge is 2.45. The molecule has 0 spiro atoms. The number of H-pyrrole nitrogens is 1. The summed E-state index contributed by atoms with van der Waals surface area (Å²) in [5.41, 5.74) is -0.138. The topological polar surface area (TPSA) is 94.1 Å². The lowest BCUT2D eigenvalue weighted by Crippen LogP contribution is -2.50. The van der Waals surface area contributed by atoms with Crippen LogP contribution in [0.25, 0.3) is 0 Å². The number of aromatic amines is 1. The van der Waals surface area contributed by atoms with E-state index in [2.05, 4.69) is 20.5 Å². The number of aliphatic carboxylic acids is 1. The van der Waals surface area contributed by atoms with Gasteiger partial charge < -0.3 is 10.4 Å². The van der Waals surface area contributed by atoms with E-state index in [1.165, 1.54) is 18.2 Å². The van der Waals surface area contributed by atoms with Crippen LogP contribution in [-0.2, 0) is 17.8 Å². The minimum absolute atomic E-state index is 0.0432. The van der Waals surface area contributed by atoms with Crippen LogP contribution in [0.4, 0.5) is 24.8 Å². The Labute approximate surface area is 205 Å². The van der Waals surface area contributed by atoms with Crippen LogP contribution in [0.1, 0.15) is 36.7 Å². The van der Waals surface area contributed by atoms with E-state index in [1.54, 1.807) is 6.07 Å². The maximum absolute atomic E-state index is 14.7. The fourth-order valence-corrected chi connectivity index (χ4v) is 4.74. The SMILES string of the molecule is Cc1cc(Nc2ccc(F)c(CC3(C(=O)O)CCN(Cc4ccc(F)c(Cl)c4F)[C@H](C)C3)n2)n[nH]1. The molecule has 1 saturated heterocycles. The Morgan fingerprint density at radius 3 is 2.66 bits per heavy atom. The van der Waals surface area contributed by atoms with Crippen molar-refractivity contribution in [2.75, 3.05) is 11.9 Å². The van der Waals surface area contributed by atoms with Crippen molar-refractivity contribution in [2.24, 2.45) is 5.41 Å². The molecule has 0 saturated carbocycles. The van der Waals surface area contributed by atoms with Crippen molar-refractivity contribution in [3.05, 3.63) is 69.8 Å². The zero-order chi connectivity index (χ0) is 25.3. The molecule has 3 heterocycles. The number of aromatic nitrogens is 3. The molecule has 11 heteroatoms. The number of aryl methyl sites for hydroxylation is 1. The van der Waals surface area contributed by atoms with Gasteiger partial charge in [-0.1, -0.05) is 17.7 Å². The number of nitrogens with zero attached hydrogens (tertiary/aromatic N) is 3. The van der Waals surface area contributed by atoms with Gasteiger partial charge in [0.25, 0.3) is 0 Å². The maximum atomic E-state index is 14.7. The number of carboxylic acids is 1. The van der Waals surface area contributed by atoms with Gasteiger partial charge in [0.15, 0.2) is 5.82 Å². The second-order valence-electron chi connectivity index (χ2n) is 9.06. The predicted molar refractivity (Wildman–Crippen MR) is 125 cm³/mol. The van der Waals surface area contributed by atoms with Crippen molar-refractivity contribution in [3.8, 4) is 0 Å². The van der Waals surface area contributed by atoms with E-state index in [0.29, 0.717) is 18.2 Å². The first-order chi connectivity index (χ1) is 16.6. The molecule has 4 rings (SSSR count). The fourth-order valence-electron chi connectivity index (χ4n) is 4.56. The lowest BCUT2D eigenvalue weighted by Gasteiger charge is -2.43. The molecule has 1 aliphatic heterocycles. The van der Waals surface area contributed by atoms with Crippen molar-refractivity contribution in [2.45, 2.75) is 45.7 Å². The van der Waals surface area contributed by atoms with Gasteiger partial charge in [-0.3, -0.25) is 14.8 Å². The average Bonchev–Trinajstić information content (AvgIpc) is 3.22. The number of likely N-dealkylation sites (tertiary alicyclic amines) is 1. The number of carbonyl (C=O) groups is 1. The van der Waals surface area contributed by atoms with Crippen LogP contribution in [-0.4, -0.2) is 43.7 Å². The number of nitrogens with one attached hydrogen (secondary N) is 2. The number of hydrogen-bond acceptors (Lipinski definition) is 5. The summed E-state index contributed by atoms with van der Waals surface area (Å²) in [4.78, 5) is 18.6. The lowest BCUT2D eigenvalue weighted by atomic mass is 9.72. The summed E-state index contributed by atoms with van der Waals surface area (Å²) in [6.45, 7) is 4.15. The Morgan fingerprint density at radius 1 is 1.26 bits per heavy atom. The van der Waals surface area contributed by atoms with E-state index in [4.69, 9.17) is 11.6 Å². The molecular weight excluding hydrogens is 483 g/mol. The summed E-state index contributed by atoms with van der Waals surface area (Å²) >= 11 is 5.69. The second kappa shape index (κ2) is 9.87. The Balaban J connectivity index is 1.52. The van der Waals surface area contributed by atoms with Crippen LogP contribution in [0.3, 0.4) is 0 Å². The number of benzene rings is 1. The van der Waals surface area contributed by atoms with Gasteiger partial charge in [-0.2, -0.15) is 5.10 Å². The average molecular weight is 508 g/mol. The van der Waals surface area contributed by atoms with Crippen LogP contribution in [0.15, 0.2) is 30.3 Å². The Hall–Kier alpha value is -3.11. The van der Waals surface area contributed by atoms with Gasteiger partial charge in [-0.25, -0.2) is 18.2 Å². The zero-order valence-corrected chi connectivity index (χ0v) is 20.0. The highest BCUT2D eigenvalue weighted by molar-refractivity contribution is 6.30. The molecule has 1 unspecified atom stereocenters. The van der Waals surface area contributed by atoms with E-state index in [-0.39, 0.29) is 43.1 Å². The maximum Gasteiger partial charge on any atom is 0.310 e. The summed E-state index contributed by atoms with van der Waals surface area (Å²) < 4.78 is 42.6. The van der Waals surface area contributed by atoms with Gasteiger partial charge in [0.1, 0.15) is 28.3 Å². The van der Waals surface area contributed by atoms with Crippen LogP contribution in [0, 0.1) is 29.8 Å². The quantitative estimate of drug-likeness (QED) is 0.379. The number of halogens is 4. The third kappa shape index (κ3) is 5.28. The molecule has 0 bridgehead atoms. The number of pyridine rings is 1. The number of hydrogen-bond donors (Lipinski definition) is 3. The van der Waals surface area contributed by atoms with E-state index in [1.807, 2.05) is 18.7 Å². The Morgan fingerprint density at radius 2 is 2.00 bits per heavy atom. The van der Waals surface area contributed by atoms with Gasteiger partial charge >= 0.3 is 5.97 Å². The summed E-state index contributed by atoms with van der Waals surface area (Å²) in [6, 6.07) is 6.65. The largest absolute Gasteiger partial charge is 0.481 e. The van der Waals surface area contributed by atoms with Gasteiger partial charge in [-0.05, 0) is 51.4 Å². The predicted octanol–water partition coefficient (Wildman–Crippen LogP) is 5.23. The van der Waals surface area contributed by atoms with Crippen molar-refractivity contribution in [3.63, 3.8) is 0 Å². The summed E-state index contributed by atoms with van der Waals surface area (Å²) in [6.07, 6.45) is 0.314. The van der Waals surface area contributed by atoms with Crippen LogP contribution >= 0.6 is 11.6 Å². The summed E-state index contributed by atoms with van der Waals surface area (Å²) in [5.74, 6) is -2.43. The first-order valence-electron chi connectivity index (χ1n) is 11.1. The molecule has 0 radical (unpaired) electrons. The summed E-state index contributed by atoms with van der Waals surface area (Å²) in [7, 11) is 0. The molecule has 0 amide bonds. The highest BCUT2D eigenvalue weighted by Crippen LogP contribution is 2.39. The minimum Gasteiger partial charge on any atom is -0.481 e. The number of rotatable bonds is 7. The molecule has 1 fully saturated rings. The van der Waals surface area contributed by atoms with Crippen LogP contribution in [0.5, 0.6) is 0 Å². The third-order valence-electron chi connectivity index (χ3n) is 6.52. The molecule has 2 aromatic heterocycles. The minimum atomic E-state index is -1.25. The van der Waals surface area contributed by atoms with E-state index in [0.717, 1.165) is 11.8 Å². The first kappa shape index (κ1) is 25.0. The molecular formula is C24H25ClF3N5O2. The zero-order valence-electron chi connectivity index (χ0n) is 19.2. The van der Waals surface area contributed by atoms with Gasteiger partial charge in [0.2, 0.25) is 0 Å². The van der Waals surface area contributed by atoms with E-state index < -0.39 is 33.9 Å². The van der Waals surface area contributed by atoms with Gasteiger partial charge in [-0.15, -0.1) is 0 Å². The molecule has 2 atom stereocenters. The molecule has 1 aliphatic rings. The number of piperidine rings is 1. The third-order valence-corrected chi connectivity index (χ3v) is 6.86. The van der Waals surface area contributed by atoms with Crippen molar-refractivity contribution < 1.29 is 23.1 Å².